The average Bonchev–Trinajstić information content (AvgIpc) is 2.45. The maximum Gasteiger partial charge on any atom is 0.153 e. The molecule has 0 radical (unpaired) electrons. The van der Waals surface area contributed by atoms with Crippen LogP contribution in [0.3, 0.4) is 0 Å². The fourth-order valence-corrected chi connectivity index (χ4v) is 2.55. The summed E-state index contributed by atoms with van der Waals surface area (Å²) in [6.07, 6.45) is 0.804. The van der Waals surface area contributed by atoms with Crippen LogP contribution < -0.4 is 9.47 Å². The highest BCUT2D eigenvalue weighted by atomic mass is 79.9. The van der Waals surface area contributed by atoms with Crippen molar-refractivity contribution in [3.05, 3.63) is 57.6 Å². The molecule has 2 aromatic carbocycles. The fourth-order valence-electron chi connectivity index (χ4n) is 1.96. The molecular weight excluding hydrogens is 320 g/mol. The third-order valence-electron chi connectivity index (χ3n) is 2.91. The second kappa shape index (κ2) is 6.57. The van der Waals surface area contributed by atoms with E-state index in [4.69, 9.17) is 9.47 Å². The first-order valence-electron chi connectivity index (χ1n) is 6.15. The molecule has 0 unspecified atom stereocenters. The summed E-state index contributed by atoms with van der Waals surface area (Å²) in [6.45, 7) is 2.30. The molecule has 0 amide bonds. The third-order valence-corrected chi connectivity index (χ3v) is 3.37. The Morgan fingerprint density at radius 3 is 2.75 bits per heavy atom. The van der Waals surface area contributed by atoms with E-state index in [1.165, 1.54) is 0 Å². The third kappa shape index (κ3) is 3.39. The Hall–Kier alpha value is -1.81. The van der Waals surface area contributed by atoms with Gasteiger partial charge in [0.2, 0.25) is 0 Å². The molecule has 2 rings (SSSR count). The van der Waals surface area contributed by atoms with Crippen LogP contribution in [0.5, 0.6) is 11.5 Å². The SMILES string of the molecule is COc1cccc(COc2c(C)cc(Br)cc2C=O)c1. The molecular formula is C16H15BrO3. The lowest BCUT2D eigenvalue weighted by molar-refractivity contribution is 0.111. The van der Waals surface area contributed by atoms with Crippen LogP contribution in [0.2, 0.25) is 0 Å². The Labute approximate surface area is 126 Å². The van der Waals surface area contributed by atoms with Crippen molar-refractivity contribution in [3.63, 3.8) is 0 Å². The van der Waals surface area contributed by atoms with Gasteiger partial charge in [-0.15, -0.1) is 0 Å². The van der Waals surface area contributed by atoms with Crippen LogP contribution >= 0.6 is 15.9 Å². The van der Waals surface area contributed by atoms with Crippen LogP contribution in [0.25, 0.3) is 0 Å². The van der Waals surface area contributed by atoms with Crippen molar-refractivity contribution in [1.82, 2.24) is 0 Å². The van der Waals surface area contributed by atoms with E-state index in [1.54, 1.807) is 13.2 Å². The smallest absolute Gasteiger partial charge is 0.153 e. The molecule has 4 heteroatoms. The number of ether oxygens (including phenoxy) is 2. The second-order valence-electron chi connectivity index (χ2n) is 4.40. The number of aryl methyl sites for hydroxylation is 1. The minimum Gasteiger partial charge on any atom is -0.497 e. The molecule has 0 aromatic heterocycles. The van der Waals surface area contributed by atoms with Crippen molar-refractivity contribution in [3.8, 4) is 11.5 Å². The molecule has 0 aliphatic carbocycles. The Morgan fingerprint density at radius 1 is 1.25 bits per heavy atom. The van der Waals surface area contributed by atoms with E-state index in [1.807, 2.05) is 37.3 Å². The Bertz CT molecular complexity index is 623. The van der Waals surface area contributed by atoms with Gasteiger partial charge in [-0.25, -0.2) is 0 Å². The molecule has 0 N–H and O–H groups in total. The van der Waals surface area contributed by atoms with Crippen LogP contribution in [0.1, 0.15) is 21.5 Å². The molecule has 0 heterocycles. The molecule has 104 valence electrons. The molecule has 3 nitrogen and oxygen atoms in total. The van der Waals surface area contributed by atoms with Crippen molar-refractivity contribution < 1.29 is 14.3 Å². The lowest BCUT2D eigenvalue weighted by atomic mass is 10.1. The summed E-state index contributed by atoms with van der Waals surface area (Å²) >= 11 is 3.37. The van der Waals surface area contributed by atoms with Gasteiger partial charge >= 0.3 is 0 Å². The number of hydrogen-bond donors (Lipinski definition) is 0. The minimum atomic E-state index is 0.389. The predicted molar refractivity (Wildman–Crippen MR) is 81.6 cm³/mol. The van der Waals surface area contributed by atoms with Gasteiger partial charge in [0.15, 0.2) is 6.29 Å². The van der Waals surface area contributed by atoms with Crippen molar-refractivity contribution >= 4 is 22.2 Å². The van der Waals surface area contributed by atoms with Crippen LogP contribution in [-0.4, -0.2) is 13.4 Å². The highest BCUT2D eigenvalue weighted by Crippen LogP contribution is 2.28. The quantitative estimate of drug-likeness (QED) is 0.770. The molecule has 0 aliphatic rings. The summed E-state index contributed by atoms with van der Waals surface area (Å²) in [7, 11) is 1.63. The number of hydrogen-bond acceptors (Lipinski definition) is 3. The van der Waals surface area contributed by atoms with Crippen LogP contribution in [0.4, 0.5) is 0 Å². The highest BCUT2D eigenvalue weighted by Gasteiger charge is 2.09. The van der Waals surface area contributed by atoms with Gasteiger partial charge in [-0.1, -0.05) is 28.1 Å². The van der Waals surface area contributed by atoms with Gasteiger partial charge < -0.3 is 9.47 Å². The maximum absolute atomic E-state index is 11.1. The topological polar surface area (TPSA) is 35.5 Å². The van der Waals surface area contributed by atoms with Crippen LogP contribution in [0.15, 0.2) is 40.9 Å². The van der Waals surface area contributed by atoms with Crippen molar-refractivity contribution in [1.29, 1.82) is 0 Å². The lowest BCUT2D eigenvalue weighted by Crippen LogP contribution is -2.00. The van der Waals surface area contributed by atoms with E-state index in [-0.39, 0.29) is 0 Å². The summed E-state index contributed by atoms with van der Waals surface area (Å²) in [4.78, 5) is 11.1. The monoisotopic (exact) mass is 334 g/mol. The summed E-state index contributed by atoms with van der Waals surface area (Å²) < 4.78 is 11.8. The number of carbonyl (C=O) groups excluding carboxylic acids is 1. The van der Waals surface area contributed by atoms with Gasteiger partial charge in [0.1, 0.15) is 18.1 Å². The van der Waals surface area contributed by atoms with Gasteiger partial charge in [0.25, 0.3) is 0 Å². The Kier molecular flexibility index (Phi) is 4.79. The van der Waals surface area contributed by atoms with Gasteiger partial charge in [-0.2, -0.15) is 0 Å². The number of rotatable bonds is 5. The van der Waals surface area contributed by atoms with Gasteiger partial charge in [-0.05, 0) is 42.3 Å². The predicted octanol–water partition coefficient (Wildman–Crippen LogP) is 4.16. The number of carbonyl (C=O) groups is 1. The van der Waals surface area contributed by atoms with E-state index >= 15 is 0 Å². The zero-order valence-electron chi connectivity index (χ0n) is 11.4. The first kappa shape index (κ1) is 14.6. The van der Waals surface area contributed by atoms with Gasteiger partial charge in [0, 0.05) is 4.47 Å². The van der Waals surface area contributed by atoms with E-state index in [0.29, 0.717) is 17.9 Å². The second-order valence-corrected chi connectivity index (χ2v) is 5.31. The fraction of sp³-hybridized carbons (Fsp3) is 0.188. The van der Waals surface area contributed by atoms with Crippen molar-refractivity contribution in [2.75, 3.05) is 7.11 Å². The average molecular weight is 335 g/mol. The van der Waals surface area contributed by atoms with Crippen LogP contribution in [0, 0.1) is 6.92 Å². The van der Waals surface area contributed by atoms with Gasteiger partial charge in [-0.3, -0.25) is 4.79 Å². The first-order chi connectivity index (χ1) is 9.63. The Morgan fingerprint density at radius 2 is 2.05 bits per heavy atom. The molecule has 0 saturated carbocycles. The zero-order chi connectivity index (χ0) is 14.5. The van der Waals surface area contributed by atoms with E-state index in [0.717, 1.165) is 27.6 Å². The molecule has 20 heavy (non-hydrogen) atoms. The normalized spacial score (nSPS) is 10.2. The molecule has 0 saturated heterocycles. The van der Waals surface area contributed by atoms with E-state index in [2.05, 4.69) is 15.9 Å². The van der Waals surface area contributed by atoms with Crippen molar-refractivity contribution in [2.24, 2.45) is 0 Å². The molecule has 0 atom stereocenters. The first-order valence-corrected chi connectivity index (χ1v) is 6.94. The number of aldehydes is 1. The lowest BCUT2D eigenvalue weighted by Gasteiger charge is -2.12. The van der Waals surface area contributed by atoms with E-state index in [9.17, 15) is 4.79 Å². The van der Waals surface area contributed by atoms with E-state index < -0.39 is 0 Å². The molecule has 0 bridgehead atoms. The minimum absolute atomic E-state index is 0.389. The number of benzene rings is 2. The standard InChI is InChI=1S/C16H15BrO3/c1-11-6-14(17)8-13(9-18)16(11)20-10-12-4-3-5-15(7-12)19-2/h3-9H,10H2,1-2H3. The summed E-state index contributed by atoms with van der Waals surface area (Å²) in [5, 5.41) is 0. The highest BCUT2D eigenvalue weighted by molar-refractivity contribution is 9.10. The maximum atomic E-state index is 11.1. The van der Waals surface area contributed by atoms with Gasteiger partial charge in [0.05, 0.1) is 12.7 Å². The number of halogens is 1. The molecule has 0 fully saturated rings. The Balaban J connectivity index is 2.20. The molecule has 0 spiro atoms. The molecule has 2 aromatic rings. The molecule has 0 aliphatic heterocycles. The summed E-state index contributed by atoms with van der Waals surface area (Å²) in [5.74, 6) is 1.40. The largest absolute Gasteiger partial charge is 0.497 e. The van der Waals surface area contributed by atoms with Crippen molar-refractivity contribution in [2.45, 2.75) is 13.5 Å². The van der Waals surface area contributed by atoms with Crippen LogP contribution in [-0.2, 0) is 6.61 Å². The summed E-state index contributed by atoms with van der Waals surface area (Å²) in [5.41, 5.74) is 2.45. The zero-order valence-corrected chi connectivity index (χ0v) is 12.9. The summed E-state index contributed by atoms with van der Waals surface area (Å²) in [6, 6.07) is 11.3. The number of methoxy groups -OCH3 is 1.